The van der Waals surface area contributed by atoms with Crippen LogP contribution in [0.3, 0.4) is 0 Å². The first-order chi connectivity index (χ1) is 9.23. The molecule has 7 heteroatoms. The van der Waals surface area contributed by atoms with Crippen molar-refractivity contribution in [3.05, 3.63) is 12.2 Å². The molecule has 0 aliphatic heterocycles. The fourth-order valence-electron chi connectivity index (χ4n) is 1.39. The summed E-state index contributed by atoms with van der Waals surface area (Å²) in [7, 11) is 0. The number of hydrogen-bond donors (Lipinski definition) is 2. The second-order valence-electron chi connectivity index (χ2n) is 4.40. The number of hydrogen-bond acceptors (Lipinski definition) is 5. The Kier molecular flexibility index (Phi) is 7.88. The van der Waals surface area contributed by atoms with Crippen LogP contribution < -0.4 is 0 Å². The summed E-state index contributed by atoms with van der Waals surface area (Å²) >= 11 is 0. The molecule has 1 unspecified atom stereocenters. The van der Waals surface area contributed by atoms with Gasteiger partial charge in [0.2, 0.25) is 0 Å². The molecule has 0 rings (SSSR count). The Bertz CT molecular complexity index is 411. The summed E-state index contributed by atoms with van der Waals surface area (Å²) in [6, 6.07) is 0. The van der Waals surface area contributed by atoms with Crippen LogP contribution in [0.5, 0.6) is 0 Å². The van der Waals surface area contributed by atoms with Crippen molar-refractivity contribution in [2.24, 2.45) is 5.92 Å². The Morgan fingerprint density at radius 1 is 1.15 bits per heavy atom. The summed E-state index contributed by atoms with van der Waals surface area (Å²) in [5.41, 5.74) is 0.253. The van der Waals surface area contributed by atoms with Gasteiger partial charge in [-0.15, -0.1) is 0 Å². The molecule has 0 spiro atoms. The fourth-order valence-corrected chi connectivity index (χ4v) is 1.39. The van der Waals surface area contributed by atoms with E-state index in [-0.39, 0.29) is 37.2 Å². The number of carbonyl (C=O) groups excluding carboxylic acids is 2. The summed E-state index contributed by atoms with van der Waals surface area (Å²) in [5.74, 6) is -4.72. The molecule has 0 heterocycles. The second kappa shape index (κ2) is 8.84. The zero-order chi connectivity index (χ0) is 15.7. The van der Waals surface area contributed by atoms with E-state index < -0.39 is 30.2 Å². The quantitative estimate of drug-likeness (QED) is 0.349. The van der Waals surface area contributed by atoms with E-state index >= 15 is 0 Å². The van der Waals surface area contributed by atoms with Crippen LogP contribution in [0.1, 0.15) is 32.6 Å². The smallest absolute Gasteiger partial charge is 0.333 e. The molecule has 0 aliphatic rings. The summed E-state index contributed by atoms with van der Waals surface area (Å²) < 4.78 is 4.77. The third kappa shape index (κ3) is 8.02. The van der Waals surface area contributed by atoms with Crippen molar-refractivity contribution in [1.82, 2.24) is 0 Å². The van der Waals surface area contributed by atoms with Gasteiger partial charge in [-0.2, -0.15) is 0 Å². The Balaban J connectivity index is 4.03. The maximum absolute atomic E-state index is 11.5. The summed E-state index contributed by atoms with van der Waals surface area (Å²) in [4.78, 5) is 43.8. The highest BCUT2D eigenvalue weighted by Crippen LogP contribution is 2.12. The Labute approximate surface area is 116 Å². The number of Topliss-reactive ketones (excluding diaryl/α,β-unsaturated/α-hetero) is 1. The molecule has 20 heavy (non-hydrogen) atoms. The first kappa shape index (κ1) is 17.8. The minimum Gasteiger partial charge on any atom is -0.481 e. The summed E-state index contributed by atoms with van der Waals surface area (Å²) in [6.07, 6.45) is -0.633. The van der Waals surface area contributed by atoms with E-state index in [4.69, 9.17) is 14.9 Å². The van der Waals surface area contributed by atoms with Gasteiger partial charge in [0.05, 0.1) is 18.9 Å². The van der Waals surface area contributed by atoms with Gasteiger partial charge < -0.3 is 14.9 Å². The standard InChI is InChI=1S/C13H18O7/c1-8(2)13(19)20-5-3-4-10(14)6-9(12(17)18)7-11(15)16/h9H,1,3-7H2,2H3,(H,15,16)(H,17,18). The molecule has 2 N–H and O–H groups in total. The molecule has 1 atom stereocenters. The minimum absolute atomic E-state index is 0.0346. The molecule has 0 bridgehead atoms. The normalized spacial score (nSPS) is 11.4. The van der Waals surface area contributed by atoms with E-state index in [0.717, 1.165) is 0 Å². The number of esters is 1. The molecule has 0 radical (unpaired) electrons. The third-order valence-electron chi connectivity index (χ3n) is 2.43. The molecule has 0 aromatic rings. The Hall–Kier alpha value is -2.18. The topological polar surface area (TPSA) is 118 Å². The van der Waals surface area contributed by atoms with E-state index in [9.17, 15) is 19.2 Å². The van der Waals surface area contributed by atoms with Gasteiger partial charge >= 0.3 is 17.9 Å². The van der Waals surface area contributed by atoms with E-state index in [1.165, 1.54) is 6.92 Å². The average Bonchev–Trinajstić information content (AvgIpc) is 2.32. The predicted octanol–water partition coefficient (Wildman–Crippen LogP) is 1.02. The monoisotopic (exact) mass is 286 g/mol. The van der Waals surface area contributed by atoms with E-state index in [1.54, 1.807) is 0 Å². The molecule has 0 aliphatic carbocycles. The zero-order valence-electron chi connectivity index (χ0n) is 11.3. The van der Waals surface area contributed by atoms with E-state index in [2.05, 4.69) is 6.58 Å². The van der Waals surface area contributed by atoms with Crippen LogP contribution in [0.15, 0.2) is 12.2 Å². The molecule has 0 saturated heterocycles. The number of ketones is 1. The van der Waals surface area contributed by atoms with Crippen LogP contribution in [0.25, 0.3) is 0 Å². The van der Waals surface area contributed by atoms with Crippen molar-refractivity contribution in [3.63, 3.8) is 0 Å². The van der Waals surface area contributed by atoms with Crippen LogP contribution >= 0.6 is 0 Å². The number of carboxylic acid groups (broad SMARTS) is 2. The van der Waals surface area contributed by atoms with Crippen LogP contribution in [-0.4, -0.2) is 40.5 Å². The number of aliphatic carboxylic acids is 2. The van der Waals surface area contributed by atoms with Gasteiger partial charge in [0.15, 0.2) is 0 Å². The van der Waals surface area contributed by atoms with E-state index in [1.807, 2.05) is 0 Å². The Morgan fingerprint density at radius 3 is 2.20 bits per heavy atom. The van der Waals surface area contributed by atoms with Crippen LogP contribution in [0, 0.1) is 5.92 Å². The molecule has 0 fully saturated rings. The van der Waals surface area contributed by atoms with Gasteiger partial charge in [0, 0.05) is 18.4 Å². The first-order valence-corrected chi connectivity index (χ1v) is 6.03. The number of carboxylic acids is 2. The lowest BCUT2D eigenvalue weighted by atomic mass is 9.97. The maximum Gasteiger partial charge on any atom is 0.333 e. The van der Waals surface area contributed by atoms with Gasteiger partial charge in [-0.05, 0) is 13.3 Å². The lowest BCUT2D eigenvalue weighted by Crippen LogP contribution is -2.21. The average molecular weight is 286 g/mol. The maximum atomic E-state index is 11.5. The lowest BCUT2D eigenvalue weighted by molar-refractivity contribution is -0.149. The highest BCUT2D eigenvalue weighted by atomic mass is 16.5. The van der Waals surface area contributed by atoms with Crippen LogP contribution in [0.4, 0.5) is 0 Å². The van der Waals surface area contributed by atoms with Crippen molar-refractivity contribution in [1.29, 1.82) is 0 Å². The van der Waals surface area contributed by atoms with Gasteiger partial charge in [-0.25, -0.2) is 4.79 Å². The second-order valence-corrected chi connectivity index (χ2v) is 4.40. The van der Waals surface area contributed by atoms with Crippen molar-refractivity contribution >= 4 is 23.7 Å². The third-order valence-corrected chi connectivity index (χ3v) is 2.43. The molecule has 0 saturated carbocycles. The number of ether oxygens (including phenoxy) is 1. The van der Waals surface area contributed by atoms with Gasteiger partial charge in [-0.1, -0.05) is 6.58 Å². The zero-order valence-corrected chi connectivity index (χ0v) is 11.3. The predicted molar refractivity (Wildman–Crippen MR) is 68.0 cm³/mol. The van der Waals surface area contributed by atoms with Crippen molar-refractivity contribution in [2.45, 2.75) is 32.6 Å². The van der Waals surface area contributed by atoms with Gasteiger partial charge in [0.1, 0.15) is 5.78 Å². The Morgan fingerprint density at radius 2 is 1.75 bits per heavy atom. The molecule has 0 amide bonds. The minimum atomic E-state index is -1.31. The van der Waals surface area contributed by atoms with Crippen molar-refractivity contribution in [2.75, 3.05) is 6.61 Å². The molecule has 7 nitrogen and oxygen atoms in total. The highest BCUT2D eigenvalue weighted by Gasteiger charge is 2.23. The largest absolute Gasteiger partial charge is 0.481 e. The molecular formula is C13H18O7. The van der Waals surface area contributed by atoms with Crippen molar-refractivity contribution < 1.29 is 34.1 Å². The number of rotatable bonds is 10. The molecule has 0 aromatic carbocycles. The SMILES string of the molecule is C=C(C)C(=O)OCCCC(=O)CC(CC(=O)O)C(=O)O. The van der Waals surface area contributed by atoms with E-state index in [0.29, 0.717) is 0 Å². The van der Waals surface area contributed by atoms with Crippen LogP contribution in [0.2, 0.25) is 0 Å². The lowest BCUT2D eigenvalue weighted by Gasteiger charge is -2.09. The van der Waals surface area contributed by atoms with Gasteiger partial charge in [0.25, 0.3) is 0 Å². The first-order valence-electron chi connectivity index (χ1n) is 6.03. The van der Waals surface area contributed by atoms with Crippen LogP contribution in [-0.2, 0) is 23.9 Å². The number of carbonyl (C=O) groups is 4. The summed E-state index contributed by atoms with van der Waals surface area (Å²) in [5, 5.41) is 17.3. The van der Waals surface area contributed by atoms with Crippen molar-refractivity contribution in [3.8, 4) is 0 Å². The molecule has 0 aromatic heterocycles. The fraction of sp³-hybridized carbons (Fsp3) is 0.538. The highest BCUT2D eigenvalue weighted by molar-refractivity contribution is 5.87. The summed E-state index contributed by atoms with van der Waals surface area (Å²) in [6.45, 7) is 4.93. The van der Waals surface area contributed by atoms with Gasteiger partial charge in [-0.3, -0.25) is 14.4 Å². The molecular weight excluding hydrogens is 268 g/mol. The molecule has 112 valence electrons.